The summed E-state index contributed by atoms with van der Waals surface area (Å²) in [5.74, 6) is 1.42. The lowest BCUT2D eigenvalue weighted by Crippen LogP contribution is -2.01. The summed E-state index contributed by atoms with van der Waals surface area (Å²) in [5.41, 5.74) is 5.74. The molecule has 4 heteroatoms. The minimum atomic E-state index is 0.704. The van der Waals surface area contributed by atoms with E-state index < -0.39 is 0 Å². The van der Waals surface area contributed by atoms with Crippen molar-refractivity contribution in [3.05, 3.63) is 90.6 Å². The van der Waals surface area contributed by atoms with E-state index in [-0.39, 0.29) is 0 Å². The van der Waals surface area contributed by atoms with Crippen molar-refractivity contribution in [1.29, 1.82) is 0 Å². The third-order valence-corrected chi connectivity index (χ3v) is 6.03. The Morgan fingerprint density at radius 1 is 0.781 bits per heavy atom. The van der Waals surface area contributed by atoms with Crippen molar-refractivity contribution < 1.29 is 9.47 Å². The Morgan fingerprint density at radius 3 is 2.38 bits per heavy atom. The maximum absolute atomic E-state index is 5.55. The van der Waals surface area contributed by atoms with Crippen LogP contribution in [-0.2, 0) is 13.0 Å². The molecule has 0 N–H and O–H groups in total. The van der Waals surface area contributed by atoms with Crippen molar-refractivity contribution in [3.63, 3.8) is 0 Å². The Kier molecular flexibility index (Phi) is 5.51. The van der Waals surface area contributed by atoms with E-state index in [1.165, 1.54) is 21.9 Å². The molecular weight excluding hydrogens is 396 g/mol. The zero-order valence-electron chi connectivity index (χ0n) is 18.4. The average Bonchev–Trinajstić information content (AvgIpc) is 3.18. The minimum Gasteiger partial charge on any atom is -0.493 e. The first-order valence-electron chi connectivity index (χ1n) is 10.9. The number of pyridine rings is 1. The summed E-state index contributed by atoms with van der Waals surface area (Å²) in [6.45, 7) is 0.922. The second-order valence-electron chi connectivity index (χ2n) is 7.88. The Morgan fingerprint density at radius 2 is 1.56 bits per heavy atom. The number of aryl methyl sites for hydroxylation is 2. The van der Waals surface area contributed by atoms with Crippen molar-refractivity contribution in [2.75, 3.05) is 14.2 Å². The number of benzene rings is 3. The molecule has 0 aliphatic heterocycles. The van der Waals surface area contributed by atoms with Gasteiger partial charge >= 0.3 is 0 Å². The largest absolute Gasteiger partial charge is 0.493 e. The number of ether oxygens (including phenoxy) is 2. The van der Waals surface area contributed by atoms with Gasteiger partial charge in [0.1, 0.15) is 0 Å². The summed E-state index contributed by atoms with van der Waals surface area (Å²) >= 11 is 0. The van der Waals surface area contributed by atoms with Crippen molar-refractivity contribution in [2.45, 2.75) is 19.4 Å². The van der Waals surface area contributed by atoms with Gasteiger partial charge in [-0.2, -0.15) is 0 Å². The average molecular weight is 423 g/mol. The van der Waals surface area contributed by atoms with Crippen LogP contribution >= 0.6 is 0 Å². The molecule has 0 saturated carbocycles. The maximum atomic E-state index is 5.55. The molecule has 0 aliphatic rings. The highest BCUT2D eigenvalue weighted by Crippen LogP contribution is 2.38. The molecule has 2 heterocycles. The predicted molar refractivity (Wildman–Crippen MR) is 131 cm³/mol. The van der Waals surface area contributed by atoms with E-state index in [4.69, 9.17) is 14.5 Å². The van der Waals surface area contributed by atoms with Gasteiger partial charge < -0.3 is 14.0 Å². The second kappa shape index (κ2) is 8.75. The minimum absolute atomic E-state index is 0.704. The second-order valence-corrected chi connectivity index (χ2v) is 7.88. The molecule has 0 aliphatic carbocycles. The van der Waals surface area contributed by atoms with E-state index in [2.05, 4.69) is 71.3 Å². The quantitative estimate of drug-likeness (QED) is 0.300. The summed E-state index contributed by atoms with van der Waals surface area (Å²) < 4.78 is 13.4. The van der Waals surface area contributed by atoms with Gasteiger partial charge in [0.25, 0.3) is 0 Å². The first-order chi connectivity index (χ1) is 15.8. The monoisotopic (exact) mass is 422 g/mol. The van der Waals surface area contributed by atoms with Crippen LogP contribution in [-0.4, -0.2) is 23.8 Å². The van der Waals surface area contributed by atoms with Gasteiger partial charge in [0.05, 0.1) is 25.4 Å². The molecule has 0 radical (unpaired) electrons. The molecular formula is C28H26N2O2. The Balaban J connectivity index is 1.63. The molecule has 160 valence electrons. The number of nitrogens with zero attached hydrogens (tertiary/aromatic N) is 2. The summed E-state index contributed by atoms with van der Waals surface area (Å²) in [6, 6.07) is 27.4. The molecule has 5 aromatic rings. The van der Waals surface area contributed by atoms with Crippen LogP contribution in [0.2, 0.25) is 0 Å². The van der Waals surface area contributed by atoms with E-state index >= 15 is 0 Å². The molecule has 0 unspecified atom stereocenters. The molecule has 3 aromatic carbocycles. The molecule has 2 aromatic heterocycles. The number of rotatable bonds is 7. The van der Waals surface area contributed by atoms with Crippen LogP contribution in [0.4, 0.5) is 0 Å². The first kappa shape index (κ1) is 20.1. The summed E-state index contributed by atoms with van der Waals surface area (Å²) in [6.07, 6.45) is 3.99. The number of fused-ring (bicyclic) bond motifs is 3. The van der Waals surface area contributed by atoms with Crippen LogP contribution in [0.25, 0.3) is 33.1 Å². The van der Waals surface area contributed by atoms with Gasteiger partial charge in [0.2, 0.25) is 0 Å². The normalized spacial score (nSPS) is 11.2. The molecule has 0 spiro atoms. The highest BCUT2D eigenvalue weighted by molar-refractivity contribution is 6.11. The topological polar surface area (TPSA) is 36.3 Å². The molecule has 4 nitrogen and oxygen atoms in total. The standard InChI is InChI=1S/C28H26N2O2/c1-31-25-15-14-21(19-26(25)32-2)27-28-23(16-17-29-27)22-12-6-7-13-24(22)30(28)18-8-11-20-9-4-3-5-10-20/h3-7,9-10,12-17,19H,8,11,18H2,1-2H3. The lowest BCUT2D eigenvalue weighted by molar-refractivity contribution is 0.355. The van der Waals surface area contributed by atoms with Crippen LogP contribution in [0.5, 0.6) is 11.5 Å². The van der Waals surface area contributed by atoms with Crippen molar-refractivity contribution in [3.8, 4) is 22.8 Å². The van der Waals surface area contributed by atoms with Gasteiger partial charge in [0, 0.05) is 34.6 Å². The van der Waals surface area contributed by atoms with Crippen LogP contribution in [0.3, 0.4) is 0 Å². The molecule has 0 bridgehead atoms. The number of aromatic nitrogens is 2. The zero-order chi connectivity index (χ0) is 21.9. The van der Waals surface area contributed by atoms with Gasteiger partial charge in [-0.15, -0.1) is 0 Å². The van der Waals surface area contributed by atoms with Gasteiger partial charge in [-0.05, 0) is 48.7 Å². The van der Waals surface area contributed by atoms with E-state index in [9.17, 15) is 0 Å². The Hall–Kier alpha value is -3.79. The van der Waals surface area contributed by atoms with Crippen molar-refractivity contribution in [1.82, 2.24) is 9.55 Å². The molecule has 5 rings (SSSR count). The SMILES string of the molecule is COc1ccc(-c2nccc3c4ccccc4n(CCCc4ccccc4)c23)cc1OC. The molecule has 32 heavy (non-hydrogen) atoms. The predicted octanol–water partition coefficient (Wildman–Crippen LogP) is 6.51. The maximum Gasteiger partial charge on any atom is 0.161 e. The number of methoxy groups -OCH3 is 2. The van der Waals surface area contributed by atoms with Crippen LogP contribution in [0.1, 0.15) is 12.0 Å². The van der Waals surface area contributed by atoms with Crippen LogP contribution in [0.15, 0.2) is 85.1 Å². The van der Waals surface area contributed by atoms with Crippen LogP contribution < -0.4 is 9.47 Å². The van der Waals surface area contributed by atoms with Gasteiger partial charge in [-0.25, -0.2) is 0 Å². The van der Waals surface area contributed by atoms with Crippen molar-refractivity contribution >= 4 is 21.8 Å². The number of hydrogen-bond acceptors (Lipinski definition) is 3. The third kappa shape index (κ3) is 3.58. The van der Waals surface area contributed by atoms with Gasteiger partial charge in [-0.1, -0.05) is 48.5 Å². The van der Waals surface area contributed by atoms with E-state index in [1.807, 2.05) is 18.3 Å². The Bertz CT molecular complexity index is 1370. The van der Waals surface area contributed by atoms with E-state index in [1.54, 1.807) is 14.2 Å². The fourth-order valence-electron chi connectivity index (χ4n) is 4.51. The highest BCUT2D eigenvalue weighted by atomic mass is 16.5. The van der Waals surface area contributed by atoms with Crippen molar-refractivity contribution in [2.24, 2.45) is 0 Å². The highest BCUT2D eigenvalue weighted by Gasteiger charge is 2.17. The number of para-hydroxylation sites is 1. The van der Waals surface area contributed by atoms with Gasteiger partial charge in [-0.3, -0.25) is 4.98 Å². The summed E-state index contributed by atoms with van der Waals surface area (Å²) in [5, 5.41) is 2.48. The molecule has 0 atom stereocenters. The van der Waals surface area contributed by atoms with E-state index in [0.29, 0.717) is 11.5 Å². The van der Waals surface area contributed by atoms with Gasteiger partial charge in [0.15, 0.2) is 11.5 Å². The summed E-state index contributed by atoms with van der Waals surface area (Å²) in [4.78, 5) is 4.81. The smallest absolute Gasteiger partial charge is 0.161 e. The zero-order valence-corrected chi connectivity index (χ0v) is 18.4. The summed E-state index contributed by atoms with van der Waals surface area (Å²) in [7, 11) is 3.32. The molecule has 0 amide bonds. The fourth-order valence-corrected chi connectivity index (χ4v) is 4.51. The fraction of sp³-hybridized carbons (Fsp3) is 0.179. The molecule has 0 fully saturated rings. The molecule has 0 saturated heterocycles. The first-order valence-corrected chi connectivity index (χ1v) is 10.9. The Labute approximate surface area is 188 Å². The lowest BCUT2D eigenvalue weighted by Gasteiger charge is -2.13. The lowest BCUT2D eigenvalue weighted by atomic mass is 10.1. The van der Waals surface area contributed by atoms with Crippen LogP contribution in [0, 0.1) is 0 Å². The van der Waals surface area contributed by atoms with E-state index in [0.717, 1.165) is 36.2 Å². The third-order valence-electron chi connectivity index (χ3n) is 6.03. The number of hydrogen-bond donors (Lipinski definition) is 0.